The molecule has 0 bridgehead atoms. The highest BCUT2D eigenvalue weighted by Crippen LogP contribution is 2.45. The molecule has 2 unspecified atom stereocenters. The molecule has 0 amide bonds. The van der Waals surface area contributed by atoms with Gasteiger partial charge in [-0.15, -0.1) is 0 Å². The first-order valence-electron chi connectivity index (χ1n) is 43.3. The first kappa shape index (κ1) is 100. The molecular formula is C83H162O17P2. The van der Waals surface area contributed by atoms with E-state index in [9.17, 15) is 43.2 Å². The molecule has 0 spiro atoms. The minimum Gasteiger partial charge on any atom is -0.462 e. The van der Waals surface area contributed by atoms with Crippen molar-refractivity contribution in [3.8, 4) is 0 Å². The van der Waals surface area contributed by atoms with Crippen molar-refractivity contribution in [2.45, 2.75) is 470 Å². The molecule has 19 heteroatoms. The Balaban J connectivity index is 5.21. The summed E-state index contributed by atoms with van der Waals surface area (Å²) >= 11 is 0. The van der Waals surface area contributed by atoms with E-state index in [2.05, 4.69) is 27.7 Å². The molecule has 0 fully saturated rings. The molecule has 0 saturated heterocycles. The van der Waals surface area contributed by atoms with Gasteiger partial charge in [0.15, 0.2) is 12.2 Å². The van der Waals surface area contributed by atoms with Crippen molar-refractivity contribution >= 4 is 39.5 Å². The maximum atomic E-state index is 13.1. The summed E-state index contributed by atoms with van der Waals surface area (Å²) in [4.78, 5) is 73.1. The molecule has 0 aliphatic rings. The lowest BCUT2D eigenvalue weighted by Crippen LogP contribution is -2.30. The number of carbonyl (C=O) groups is 4. The Morgan fingerprint density at radius 3 is 0.578 bits per heavy atom. The first-order valence-corrected chi connectivity index (χ1v) is 46.3. The van der Waals surface area contributed by atoms with E-state index in [4.69, 9.17) is 37.0 Å². The molecular weight excluding hydrogens is 1330 g/mol. The monoisotopic (exact) mass is 1490 g/mol. The van der Waals surface area contributed by atoms with E-state index >= 15 is 0 Å². The predicted molar refractivity (Wildman–Crippen MR) is 419 cm³/mol. The number of aliphatic hydroxyl groups is 1. The van der Waals surface area contributed by atoms with E-state index in [1.807, 2.05) is 0 Å². The lowest BCUT2D eigenvalue weighted by molar-refractivity contribution is -0.161. The molecule has 3 N–H and O–H groups in total. The summed E-state index contributed by atoms with van der Waals surface area (Å²) < 4.78 is 68.8. The molecule has 17 nitrogen and oxygen atoms in total. The second-order valence-corrected chi connectivity index (χ2v) is 32.8. The largest absolute Gasteiger partial charge is 0.472 e. The number of hydrogen-bond acceptors (Lipinski definition) is 15. The summed E-state index contributed by atoms with van der Waals surface area (Å²) in [6, 6.07) is 0. The van der Waals surface area contributed by atoms with Crippen LogP contribution in [-0.4, -0.2) is 96.7 Å². The Labute approximate surface area is 626 Å². The Hall–Kier alpha value is -1.94. The molecule has 0 aliphatic heterocycles. The van der Waals surface area contributed by atoms with Crippen molar-refractivity contribution in [2.24, 2.45) is 0 Å². The number of aliphatic hydroxyl groups excluding tert-OH is 1. The highest BCUT2D eigenvalue weighted by molar-refractivity contribution is 7.47. The van der Waals surface area contributed by atoms with Gasteiger partial charge in [-0.3, -0.25) is 37.3 Å². The third-order valence-electron chi connectivity index (χ3n) is 19.6. The average molecular weight is 1490 g/mol. The fourth-order valence-corrected chi connectivity index (χ4v) is 14.6. The van der Waals surface area contributed by atoms with Gasteiger partial charge in [0.25, 0.3) is 0 Å². The molecule has 0 aliphatic carbocycles. The zero-order valence-electron chi connectivity index (χ0n) is 66.6. The van der Waals surface area contributed by atoms with Gasteiger partial charge < -0.3 is 33.8 Å². The zero-order valence-corrected chi connectivity index (χ0v) is 68.4. The number of ether oxygens (including phenoxy) is 4. The second-order valence-electron chi connectivity index (χ2n) is 29.9. The van der Waals surface area contributed by atoms with Gasteiger partial charge in [0.05, 0.1) is 26.4 Å². The third-order valence-corrected chi connectivity index (χ3v) is 21.5. The smallest absolute Gasteiger partial charge is 0.462 e. The van der Waals surface area contributed by atoms with E-state index in [0.29, 0.717) is 25.7 Å². The van der Waals surface area contributed by atoms with Crippen molar-refractivity contribution in [1.82, 2.24) is 0 Å². The zero-order chi connectivity index (χ0) is 74.6. The van der Waals surface area contributed by atoms with Crippen LogP contribution in [0, 0.1) is 0 Å². The SMILES string of the molecule is CCCCCCCCCCCCCCCCCCCCCCCC(=O)O[C@H](COC(=O)CCCCCCCCCCCCCCCCCCCC)COP(=O)(O)OC[C@@H](O)COP(=O)(O)OC[C@@H](COC(=O)CCCCCCCCCCCC)OC(=O)CCCCCCCCCCCCCCC. The van der Waals surface area contributed by atoms with Crippen LogP contribution in [0.4, 0.5) is 0 Å². The molecule has 0 heterocycles. The summed E-state index contributed by atoms with van der Waals surface area (Å²) in [5, 5.41) is 10.6. The van der Waals surface area contributed by atoms with Crippen molar-refractivity contribution in [1.29, 1.82) is 0 Å². The quantitative estimate of drug-likeness (QED) is 0.0222. The van der Waals surface area contributed by atoms with Crippen LogP contribution in [0.2, 0.25) is 0 Å². The summed E-state index contributed by atoms with van der Waals surface area (Å²) in [6.45, 7) is 5.03. The molecule has 102 heavy (non-hydrogen) atoms. The highest BCUT2D eigenvalue weighted by atomic mass is 31.2. The maximum Gasteiger partial charge on any atom is 0.472 e. The Kier molecular flexibility index (Phi) is 75.8. The molecule has 0 aromatic heterocycles. The van der Waals surface area contributed by atoms with Crippen LogP contribution in [0.25, 0.3) is 0 Å². The van der Waals surface area contributed by atoms with E-state index in [-0.39, 0.29) is 25.7 Å². The minimum atomic E-state index is -4.96. The lowest BCUT2D eigenvalue weighted by Gasteiger charge is -2.21. The number of esters is 4. The Bertz CT molecular complexity index is 1930. The van der Waals surface area contributed by atoms with Crippen LogP contribution in [0.15, 0.2) is 0 Å². The third kappa shape index (κ3) is 76.3. The molecule has 606 valence electrons. The van der Waals surface area contributed by atoms with E-state index in [1.165, 1.54) is 283 Å². The van der Waals surface area contributed by atoms with Crippen molar-refractivity contribution in [3.63, 3.8) is 0 Å². The highest BCUT2D eigenvalue weighted by Gasteiger charge is 2.30. The van der Waals surface area contributed by atoms with Crippen molar-refractivity contribution in [3.05, 3.63) is 0 Å². The van der Waals surface area contributed by atoms with E-state index in [1.54, 1.807) is 0 Å². The van der Waals surface area contributed by atoms with Crippen LogP contribution < -0.4 is 0 Å². The normalized spacial score (nSPS) is 13.8. The number of rotatable bonds is 84. The van der Waals surface area contributed by atoms with Gasteiger partial charge in [-0.05, 0) is 25.7 Å². The Morgan fingerprint density at radius 1 is 0.235 bits per heavy atom. The summed E-state index contributed by atoms with van der Waals surface area (Å²) in [7, 11) is -9.92. The maximum absolute atomic E-state index is 13.1. The van der Waals surface area contributed by atoms with Gasteiger partial charge in [-0.2, -0.15) is 0 Å². The standard InChI is InChI=1S/C83H162O17P2/c1-5-9-13-17-21-25-29-32-34-36-38-39-40-42-44-47-50-54-58-62-66-70-83(88)100-79(74-94-81(86)68-64-60-56-52-48-46-43-41-37-35-33-30-26-22-18-14-10-6-2)76-98-102(91,92)96-72-77(84)71-95-101(89,90)97-75-78(73-93-80(85)67-63-59-55-51-28-24-20-16-12-8-4)99-82(87)69-65-61-57-53-49-45-31-27-23-19-15-11-7-3/h77-79,84H,5-76H2,1-4H3,(H,89,90)(H,91,92)/t77-,78+,79+/m0/s1. The van der Waals surface area contributed by atoms with E-state index < -0.39 is 97.5 Å². The van der Waals surface area contributed by atoms with Crippen LogP contribution in [0.1, 0.15) is 451 Å². The summed E-state index contributed by atoms with van der Waals surface area (Å²) in [6.07, 6.45) is 70.8. The number of phosphoric ester groups is 2. The van der Waals surface area contributed by atoms with Crippen LogP contribution in [0.3, 0.4) is 0 Å². The fraction of sp³-hybridized carbons (Fsp3) is 0.952. The van der Waals surface area contributed by atoms with Crippen molar-refractivity contribution < 1.29 is 80.2 Å². The minimum absolute atomic E-state index is 0.108. The molecule has 0 radical (unpaired) electrons. The molecule has 5 atom stereocenters. The number of carbonyl (C=O) groups excluding carboxylic acids is 4. The van der Waals surface area contributed by atoms with Gasteiger partial charge in [-0.1, -0.05) is 400 Å². The molecule has 0 rings (SSSR count). The summed E-state index contributed by atoms with van der Waals surface area (Å²) in [5.41, 5.74) is 0. The van der Waals surface area contributed by atoms with Gasteiger partial charge in [0.1, 0.15) is 19.3 Å². The predicted octanol–water partition coefficient (Wildman–Crippen LogP) is 25.4. The van der Waals surface area contributed by atoms with Gasteiger partial charge in [-0.25, -0.2) is 9.13 Å². The van der Waals surface area contributed by atoms with Gasteiger partial charge in [0.2, 0.25) is 0 Å². The molecule has 0 aromatic carbocycles. The van der Waals surface area contributed by atoms with Crippen LogP contribution in [-0.2, 0) is 65.4 Å². The van der Waals surface area contributed by atoms with Gasteiger partial charge in [0, 0.05) is 25.7 Å². The fourth-order valence-electron chi connectivity index (χ4n) is 13.0. The Morgan fingerprint density at radius 2 is 0.392 bits per heavy atom. The first-order chi connectivity index (χ1) is 49.7. The second kappa shape index (κ2) is 77.2. The van der Waals surface area contributed by atoms with Crippen molar-refractivity contribution in [2.75, 3.05) is 39.6 Å². The van der Waals surface area contributed by atoms with Gasteiger partial charge >= 0.3 is 39.5 Å². The number of unbranched alkanes of at least 4 members (excludes halogenated alkanes) is 58. The molecule has 0 aromatic rings. The molecule has 0 saturated carbocycles. The number of hydrogen-bond donors (Lipinski definition) is 3. The van der Waals surface area contributed by atoms with Crippen LogP contribution in [0.5, 0.6) is 0 Å². The van der Waals surface area contributed by atoms with Crippen LogP contribution >= 0.6 is 15.6 Å². The number of phosphoric acid groups is 2. The topological polar surface area (TPSA) is 237 Å². The van der Waals surface area contributed by atoms with E-state index in [0.717, 1.165) is 89.9 Å². The average Bonchev–Trinajstić information content (AvgIpc) is 0.909. The summed E-state index contributed by atoms with van der Waals surface area (Å²) in [5.74, 6) is -2.10. The lowest BCUT2D eigenvalue weighted by atomic mass is 10.0.